The first-order chi connectivity index (χ1) is 14.5. The third-order valence-corrected chi connectivity index (χ3v) is 5.30. The molecule has 30 heavy (non-hydrogen) atoms. The zero-order valence-corrected chi connectivity index (χ0v) is 17.0. The van der Waals surface area contributed by atoms with Gasteiger partial charge in [0.1, 0.15) is 0 Å². The van der Waals surface area contributed by atoms with Crippen LogP contribution in [0, 0.1) is 6.92 Å². The van der Waals surface area contributed by atoms with Crippen molar-refractivity contribution in [3.05, 3.63) is 88.4 Å². The summed E-state index contributed by atoms with van der Waals surface area (Å²) in [5.41, 5.74) is 7.32. The first-order valence-electron chi connectivity index (χ1n) is 9.91. The van der Waals surface area contributed by atoms with Crippen LogP contribution in [0.5, 0.6) is 0 Å². The number of aliphatic hydroxyl groups excluding tert-OH is 1. The molecule has 0 bridgehead atoms. The third-order valence-electron chi connectivity index (χ3n) is 5.30. The summed E-state index contributed by atoms with van der Waals surface area (Å²) in [7, 11) is 0. The SMILES string of the molecule is CCc1nn2c(C)cc(CO)nc2c1Cc1ccc(-c2ccccc2C(=O)O)cc1. The molecule has 2 N–H and O–H groups in total. The Bertz CT molecular complexity index is 1230. The molecule has 4 rings (SSSR count). The van der Waals surface area contributed by atoms with Crippen LogP contribution in [-0.4, -0.2) is 30.8 Å². The van der Waals surface area contributed by atoms with Crippen molar-refractivity contribution in [3.8, 4) is 11.1 Å². The number of aliphatic hydroxyl groups is 1. The maximum Gasteiger partial charge on any atom is 0.336 e. The Kier molecular flexibility index (Phi) is 5.33. The Morgan fingerprint density at radius 1 is 1.10 bits per heavy atom. The molecule has 0 amide bonds. The molecule has 0 saturated carbocycles. The molecule has 0 saturated heterocycles. The maximum atomic E-state index is 11.5. The highest BCUT2D eigenvalue weighted by Crippen LogP contribution is 2.26. The fraction of sp³-hybridized carbons (Fsp3) is 0.208. The predicted molar refractivity (Wildman–Crippen MR) is 115 cm³/mol. The van der Waals surface area contributed by atoms with E-state index >= 15 is 0 Å². The van der Waals surface area contributed by atoms with E-state index in [2.05, 4.69) is 11.9 Å². The molecule has 152 valence electrons. The fourth-order valence-corrected chi connectivity index (χ4v) is 3.79. The van der Waals surface area contributed by atoms with E-state index in [4.69, 9.17) is 5.10 Å². The van der Waals surface area contributed by atoms with Crippen LogP contribution in [0.1, 0.15) is 45.5 Å². The highest BCUT2D eigenvalue weighted by molar-refractivity contribution is 5.96. The molecule has 0 fully saturated rings. The molecule has 2 aromatic heterocycles. The number of carbonyl (C=O) groups is 1. The van der Waals surface area contributed by atoms with Crippen molar-refractivity contribution in [3.63, 3.8) is 0 Å². The number of rotatable bonds is 6. The van der Waals surface area contributed by atoms with Gasteiger partial charge in [-0.25, -0.2) is 14.3 Å². The van der Waals surface area contributed by atoms with E-state index in [9.17, 15) is 15.0 Å². The van der Waals surface area contributed by atoms with Crippen LogP contribution in [0.2, 0.25) is 0 Å². The number of carboxylic acids is 1. The van der Waals surface area contributed by atoms with Gasteiger partial charge in [0, 0.05) is 17.7 Å². The van der Waals surface area contributed by atoms with Crippen LogP contribution in [0.4, 0.5) is 0 Å². The van der Waals surface area contributed by atoms with Gasteiger partial charge in [-0.3, -0.25) is 0 Å². The number of benzene rings is 2. The summed E-state index contributed by atoms with van der Waals surface area (Å²) >= 11 is 0. The Labute approximate surface area is 174 Å². The second kappa shape index (κ2) is 8.08. The second-order valence-corrected chi connectivity index (χ2v) is 7.29. The number of hydrogen-bond acceptors (Lipinski definition) is 4. The van der Waals surface area contributed by atoms with Gasteiger partial charge in [-0.05, 0) is 42.2 Å². The maximum absolute atomic E-state index is 11.5. The molecule has 0 atom stereocenters. The van der Waals surface area contributed by atoms with Crippen LogP contribution in [0.3, 0.4) is 0 Å². The number of carboxylic acid groups (broad SMARTS) is 1. The van der Waals surface area contributed by atoms with Crippen molar-refractivity contribution in [1.29, 1.82) is 0 Å². The van der Waals surface area contributed by atoms with E-state index in [1.54, 1.807) is 12.1 Å². The standard InChI is InChI=1S/C24H23N3O3/c1-3-22-21(23-25-18(14-28)12-15(2)27(23)26-22)13-16-8-10-17(11-9-16)19-6-4-5-7-20(19)24(29)30/h4-12,28H,3,13-14H2,1-2H3,(H,29,30). The Morgan fingerprint density at radius 2 is 1.83 bits per heavy atom. The zero-order chi connectivity index (χ0) is 21.3. The molecule has 2 aromatic carbocycles. The van der Waals surface area contributed by atoms with Crippen molar-refractivity contribution < 1.29 is 15.0 Å². The minimum atomic E-state index is -0.935. The molecule has 0 aliphatic carbocycles. The van der Waals surface area contributed by atoms with E-state index in [0.717, 1.165) is 40.1 Å². The molecule has 6 nitrogen and oxygen atoms in total. The van der Waals surface area contributed by atoms with Crippen molar-refractivity contribution in [2.45, 2.75) is 33.3 Å². The number of aromatic nitrogens is 3. The van der Waals surface area contributed by atoms with Crippen molar-refractivity contribution >= 4 is 11.6 Å². The first-order valence-corrected chi connectivity index (χ1v) is 9.91. The van der Waals surface area contributed by atoms with Crippen molar-refractivity contribution in [1.82, 2.24) is 14.6 Å². The molecule has 0 aliphatic heterocycles. The highest BCUT2D eigenvalue weighted by Gasteiger charge is 2.16. The molecule has 0 aliphatic rings. The smallest absolute Gasteiger partial charge is 0.336 e. The normalized spacial score (nSPS) is 11.2. The monoisotopic (exact) mass is 401 g/mol. The molecule has 4 aromatic rings. The van der Waals surface area contributed by atoms with Gasteiger partial charge in [0.15, 0.2) is 5.65 Å². The van der Waals surface area contributed by atoms with E-state index in [-0.39, 0.29) is 12.2 Å². The summed E-state index contributed by atoms with van der Waals surface area (Å²) in [5, 5.41) is 23.7. The number of aryl methyl sites for hydroxylation is 2. The van der Waals surface area contributed by atoms with E-state index < -0.39 is 5.97 Å². The minimum Gasteiger partial charge on any atom is -0.478 e. The number of nitrogens with zero attached hydrogens (tertiary/aromatic N) is 3. The summed E-state index contributed by atoms with van der Waals surface area (Å²) < 4.78 is 1.84. The van der Waals surface area contributed by atoms with Crippen LogP contribution < -0.4 is 0 Å². The molecular weight excluding hydrogens is 378 g/mol. The average Bonchev–Trinajstić information content (AvgIpc) is 3.12. The highest BCUT2D eigenvalue weighted by atomic mass is 16.4. The Morgan fingerprint density at radius 3 is 2.50 bits per heavy atom. The van der Waals surface area contributed by atoms with Gasteiger partial charge in [0.05, 0.1) is 23.6 Å². The second-order valence-electron chi connectivity index (χ2n) is 7.29. The molecule has 6 heteroatoms. The summed E-state index contributed by atoms with van der Waals surface area (Å²) in [6.45, 7) is 3.92. The lowest BCUT2D eigenvalue weighted by molar-refractivity contribution is 0.0697. The first kappa shape index (κ1) is 19.8. The largest absolute Gasteiger partial charge is 0.478 e. The molecule has 0 radical (unpaired) electrons. The van der Waals surface area contributed by atoms with E-state index in [1.807, 2.05) is 53.9 Å². The summed E-state index contributed by atoms with van der Waals surface area (Å²) in [6.07, 6.45) is 1.45. The van der Waals surface area contributed by atoms with Crippen LogP contribution in [0.25, 0.3) is 16.8 Å². The van der Waals surface area contributed by atoms with Gasteiger partial charge in [0.2, 0.25) is 0 Å². The van der Waals surface area contributed by atoms with Gasteiger partial charge in [-0.1, -0.05) is 49.4 Å². The quantitative estimate of drug-likeness (QED) is 0.509. The number of hydrogen-bond donors (Lipinski definition) is 2. The number of fused-ring (bicyclic) bond motifs is 1. The lowest BCUT2D eigenvalue weighted by Gasteiger charge is -2.08. The predicted octanol–water partition coefficient (Wildman–Crippen LogP) is 4.05. The molecule has 0 spiro atoms. The summed E-state index contributed by atoms with van der Waals surface area (Å²) in [6, 6.07) is 16.8. The fourth-order valence-electron chi connectivity index (χ4n) is 3.79. The van der Waals surface area contributed by atoms with Crippen molar-refractivity contribution in [2.75, 3.05) is 0 Å². The van der Waals surface area contributed by atoms with Crippen LogP contribution in [-0.2, 0) is 19.4 Å². The topological polar surface area (TPSA) is 87.7 Å². The molecule has 0 unspecified atom stereocenters. The Hall–Kier alpha value is -3.51. The van der Waals surface area contributed by atoms with Gasteiger partial charge in [-0.2, -0.15) is 5.10 Å². The third kappa shape index (κ3) is 3.57. The molecule has 2 heterocycles. The summed E-state index contributed by atoms with van der Waals surface area (Å²) in [4.78, 5) is 16.1. The van der Waals surface area contributed by atoms with E-state index in [0.29, 0.717) is 17.7 Å². The number of aromatic carboxylic acids is 1. The minimum absolute atomic E-state index is 0.110. The van der Waals surface area contributed by atoms with Crippen LogP contribution in [0.15, 0.2) is 54.6 Å². The summed E-state index contributed by atoms with van der Waals surface area (Å²) in [5.74, 6) is -0.935. The average molecular weight is 401 g/mol. The Balaban J connectivity index is 1.71. The van der Waals surface area contributed by atoms with Gasteiger partial charge >= 0.3 is 5.97 Å². The van der Waals surface area contributed by atoms with Crippen LogP contribution >= 0.6 is 0 Å². The van der Waals surface area contributed by atoms with Gasteiger partial charge in [-0.15, -0.1) is 0 Å². The molecular formula is C24H23N3O3. The lowest BCUT2D eigenvalue weighted by atomic mass is 9.97. The van der Waals surface area contributed by atoms with Gasteiger partial charge in [0.25, 0.3) is 0 Å². The zero-order valence-electron chi connectivity index (χ0n) is 17.0. The van der Waals surface area contributed by atoms with Crippen molar-refractivity contribution in [2.24, 2.45) is 0 Å². The van der Waals surface area contributed by atoms with Gasteiger partial charge < -0.3 is 10.2 Å². The lowest BCUT2D eigenvalue weighted by Crippen LogP contribution is -2.01. The van der Waals surface area contributed by atoms with E-state index in [1.165, 1.54) is 0 Å².